The van der Waals surface area contributed by atoms with Crippen LogP contribution in [0.1, 0.15) is 0 Å². The number of nitrogens with two attached hydrogens (primary N) is 1. The van der Waals surface area contributed by atoms with Gasteiger partial charge >= 0.3 is 0 Å². The van der Waals surface area contributed by atoms with E-state index in [9.17, 15) is 4.79 Å². The molecule has 146 valence electrons. The SMILES string of the molecule is CNc1ncc(-c2ccc3cc(Oc4ccnc(N)c4Cl)cnc3n2)c(=O)n1C. The lowest BCUT2D eigenvalue weighted by Crippen LogP contribution is -2.22. The number of ether oxygens (including phenoxy) is 1. The third kappa shape index (κ3) is 3.43. The van der Waals surface area contributed by atoms with E-state index in [0.29, 0.717) is 34.4 Å². The first-order valence-corrected chi connectivity index (χ1v) is 8.94. The van der Waals surface area contributed by atoms with Crippen LogP contribution in [0.2, 0.25) is 5.02 Å². The molecule has 0 aliphatic rings. The quantitative estimate of drug-likeness (QED) is 0.527. The van der Waals surface area contributed by atoms with E-state index in [0.717, 1.165) is 5.39 Å². The summed E-state index contributed by atoms with van der Waals surface area (Å²) in [5.41, 5.74) is 6.82. The Kier molecular flexibility index (Phi) is 4.73. The van der Waals surface area contributed by atoms with Crippen LogP contribution in [0.4, 0.5) is 11.8 Å². The summed E-state index contributed by atoms with van der Waals surface area (Å²) in [6, 6.07) is 6.93. The number of anilines is 2. The standard InChI is InChI=1S/C19H16ClN7O2/c1-22-19-25-9-12(18(28)27(19)2)13-4-3-10-7-11(8-24-17(10)26-13)29-14-5-6-23-16(21)15(14)20/h3-9H,1-2H3,(H2,21,23)(H,22,25). The number of nitrogens with one attached hydrogen (secondary N) is 1. The molecule has 0 bridgehead atoms. The zero-order chi connectivity index (χ0) is 20.5. The summed E-state index contributed by atoms with van der Waals surface area (Å²) < 4.78 is 7.19. The van der Waals surface area contributed by atoms with Crippen molar-refractivity contribution in [1.82, 2.24) is 24.5 Å². The van der Waals surface area contributed by atoms with E-state index in [-0.39, 0.29) is 16.4 Å². The predicted molar refractivity (Wildman–Crippen MR) is 111 cm³/mol. The number of hydrogen-bond donors (Lipinski definition) is 2. The molecular weight excluding hydrogens is 394 g/mol. The summed E-state index contributed by atoms with van der Waals surface area (Å²) in [5.74, 6) is 1.50. The van der Waals surface area contributed by atoms with Crippen LogP contribution >= 0.6 is 11.6 Å². The Balaban J connectivity index is 1.70. The molecule has 4 heterocycles. The molecule has 4 aromatic rings. The number of pyridine rings is 3. The van der Waals surface area contributed by atoms with E-state index < -0.39 is 0 Å². The van der Waals surface area contributed by atoms with E-state index in [1.165, 1.54) is 23.2 Å². The summed E-state index contributed by atoms with van der Waals surface area (Å²) in [4.78, 5) is 29.5. The van der Waals surface area contributed by atoms with Gasteiger partial charge in [0.1, 0.15) is 16.6 Å². The first-order chi connectivity index (χ1) is 14.0. The van der Waals surface area contributed by atoms with Gasteiger partial charge in [0, 0.05) is 37.9 Å². The van der Waals surface area contributed by atoms with Crippen molar-refractivity contribution >= 4 is 34.4 Å². The number of hydrogen-bond acceptors (Lipinski definition) is 8. The van der Waals surface area contributed by atoms with Crippen molar-refractivity contribution in [3.8, 4) is 22.8 Å². The van der Waals surface area contributed by atoms with Crippen LogP contribution < -0.4 is 21.3 Å². The first kappa shape index (κ1) is 18.6. The van der Waals surface area contributed by atoms with Gasteiger partial charge in [0.15, 0.2) is 11.4 Å². The van der Waals surface area contributed by atoms with Crippen LogP contribution in [0.15, 0.2) is 47.7 Å². The molecule has 4 aromatic heterocycles. The van der Waals surface area contributed by atoms with Gasteiger partial charge in [0.25, 0.3) is 5.56 Å². The highest BCUT2D eigenvalue weighted by molar-refractivity contribution is 6.34. The lowest BCUT2D eigenvalue weighted by Gasteiger charge is -2.10. The molecule has 29 heavy (non-hydrogen) atoms. The second kappa shape index (κ2) is 7.36. The molecule has 0 radical (unpaired) electrons. The van der Waals surface area contributed by atoms with Crippen LogP contribution in [0.25, 0.3) is 22.3 Å². The maximum absolute atomic E-state index is 12.6. The van der Waals surface area contributed by atoms with Crippen molar-refractivity contribution in [3.05, 3.63) is 58.2 Å². The minimum atomic E-state index is -0.207. The van der Waals surface area contributed by atoms with E-state index in [1.54, 1.807) is 32.3 Å². The van der Waals surface area contributed by atoms with Crippen LogP contribution in [-0.2, 0) is 7.05 Å². The lowest BCUT2D eigenvalue weighted by molar-refractivity contribution is 0.481. The minimum Gasteiger partial charge on any atom is -0.454 e. The third-order valence-electron chi connectivity index (χ3n) is 4.29. The first-order valence-electron chi connectivity index (χ1n) is 8.56. The van der Waals surface area contributed by atoms with E-state index in [4.69, 9.17) is 22.1 Å². The summed E-state index contributed by atoms with van der Waals surface area (Å²) in [6.07, 6.45) is 4.52. The van der Waals surface area contributed by atoms with Gasteiger partial charge < -0.3 is 15.8 Å². The highest BCUT2D eigenvalue weighted by Crippen LogP contribution is 2.32. The molecule has 4 rings (SSSR count). The van der Waals surface area contributed by atoms with Crippen molar-refractivity contribution in [2.24, 2.45) is 7.05 Å². The Morgan fingerprint density at radius 3 is 2.79 bits per heavy atom. The van der Waals surface area contributed by atoms with E-state index >= 15 is 0 Å². The minimum absolute atomic E-state index is 0.184. The Labute approximate surface area is 170 Å². The molecule has 9 nitrogen and oxygen atoms in total. The molecule has 0 spiro atoms. The number of fused-ring (bicyclic) bond motifs is 1. The van der Waals surface area contributed by atoms with Crippen molar-refractivity contribution < 1.29 is 4.74 Å². The number of rotatable bonds is 4. The third-order valence-corrected chi connectivity index (χ3v) is 4.67. The van der Waals surface area contributed by atoms with Gasteiger partial charge in [0.2, 0.25) is 5.95 Å². The highest BCUT2D eigenvalue weighted by atomic mass is 35.5. The van der Waals surface area contributed by atoms with Crippen LogP contribution in [0.5, 0.6) is 11.5 Å². The van der Waals surface area contributed by atoms with Gasteiger partial charge in [-0.05, 0) is 18.2 Å². The molecule has 0 saturated heterocycles. The number of halogens is 1. The van der Waals surface area contributed by atoms with Crippen molar-refractivity contribution in [3.63, 3.8) is 0 Å². The zero-order valence-corrected chi connectivity index (χ0v) is 16.3. The summed E-state index contributed by atoms with van der Waals surface area (Å²) >= 11 is 6.11. The van der Waals surface area contributed by atoms with E-state index in [2.05, 4.69) is 25.3 Å². The fourth-order valence-electron chi connectivity index (χ4n) is 2.80. The Hall–Kier alpha value is -3.72. The molecule has 0 amide bonds. The number of nitrogens with zero attached hydrogens (tertiary/aromatic N) is 5. The van der Waals surface area contributed by atoms with Crippen LogP contribution in [0.3, 0.4) is 0 Å². The molecule has 10 heteroatoms. The lowest BCUT2D eigenvalue weighted by atomic mass is 10.2. The van der Waals surface area contributed by atoms with E-state index in [1.807, 2.05) is 6.07 Å². The second-order valence-electron chi connectivity index (χ2n) is 6.13. The average molecular weight is 410 g/mol. The molecule has 0 fully saturated rings. The number of nitrogen functional groups attached to an aromatic ring is 1. The topological polar surface area (TPSA) is 121 Å². The maximum Gasteiger partial charge on any atom is 0.264 e. The zero-order valence-electron chi connectivity index (χ0n) is 15.5. The summed E-state index contributed by atoms with van der Waals surface area (Å²) in [5, 5.41) is 3.83. The van der Waals surface area contributed by atoms with Gasteiger partial charge in [-0.25, -0.2) is 19.9 Å². The summed E-state index contributed by atoms with van der Waals surface area (Å²) in [7, 11) is 3.34. The molecule has 3 N–H and O–H groups in total. The Morgan fingerprint density at radius 2 is 2.00 bits per heavy atom. The van der Waals surface area contributed by atoms with Gasteiger partial charge in [0.05, 0.1) is 17.5 Å². The van der Waals surface area contributed by atoms with Crippen molar-refractivity contribution in [1.29, 1.82) is 0 Å². The normalized spacial score (nSPS) is 10.9. The molecular formula is C19H16ClN7O2. The Bertz CT molecular complexity index is 1290. The molecule has 0 unspecified atom stereocenters. The molecule has 0 saturated carbocycles. The second-order valence-corrected chi connectivity index (χ2v) is 6.51. The Morgan fingerprint density at radius 1 is 1.17 bits per heavy atom. The predicted octanol–water partition coefficient (Wildman–Crippen LogP) is 2.86. The molecule has 0 aliphatic heterocycles. The van der Waals surface area contributed by atoms with Gasteiger partial charge in [-0.1, -0.05) is 11.6 Å². The summed E-state index contributed by atoms with van der Waals surface area (Å²) in [6.45, 7) is 0. The van der Waals surface area contributed by atoms with Gasteiger partial charge in [-0.15, -0.1) is 0 Å². The van der Waals surface area contributed by atoms with Gasteiger partial charge in [-0.2, -0.15) is 0 Å². The molecule has 0 aromatic carbocycles. The monoisotopic (exact) mass is 409 g/mol. The van der Waals surface area contributed by atoms with Crippen molar-refractivity contribution in [2.45, 2.75) is 0 Å². The number of aromatic nitrogens is 5. The van der Waals surface area contributed by atoms with Crippen LogP contribution in [-0.4, -0.2) is 31.6 Å². The van der Waals surface area contributed by atoms with Crippen molar-refractivity contribution in [2.75, 3.05) is 18.1 Å². The fraction of sp³-hybridized carbons (Fsp3) is 0.105. The maximum atomic E-state index is 12.6. The molecule has 0 aliphatic carbocycles. The smallest absolute Gasteiger partial charge is 0.264 e. The average Bonchev–Trinajstić information content (AvgIpc) is 2.73. The highest BCUT2D eigenvalue weighted by Gasteiger charge is 2.12. The van der Waals surface area contributed by atoms with Gasteiger partial charge in [-0.3, -0.25) is 9.36 Å². The van der Waals surface area contributed by atoms with Crippen LogP contribution in [0, 0.1) is 0 Å². The molecule has 0 atom stereocenters. The largest absolute Gasteiger partial charge is 0.454 e. The fourth-order valence-corrected chi connectivity index (χ4v) is 2.95.